The minimum atomic E-state index is 0.281. The lowest BCUT2D eigenvalue weighted by atomic mass is 10.0. The summed E-state index contributed by atoms with van der Waals surface area (Å²) in [4.78, 5) is 10.7. The van der Waals surface area contributed by atoms with Gasteiger partial charge in [-0.3, -0.25) is 0 Å². The van der Waals surface area contributed by atoms with Crippen LogP contribution in [0.2, 0.25) is 0 Å². The fourth-order valence-corrected chi connectivity index (χ4v) is 1.41. The number of allylic oxidation sites excluding steroid dienone is 4. The predicted octanol–water partition coefficient (Wildman–Crippen LogP) is 4.44. The lowest BCUT2D eigenvalue weighted by Gasteiger charge is -2.02. The van der Waals surface area contributed by atoms with Crippen molar-refractivity contribution in [3.8, 4) is 0 Å². The van der Waals surface area contributed by atoms with Gasteiger partial charge in [0.1, 0.15) is 5.78 Å². The molecule has 0 radical (unpaired) electrons. The van der Waals surface area contributed by atoms with Crippen molar-refractivity contribution in [2.75, 3.05) is 0 Å². The molecule has 0 amide bonds. The number of carbonyl (C=O) groups is 1. The number of hydrogen-bond donors (Lipinski definition) is 0. The first-order valence-electron chi connectivity index (χ1n) is 5.83. The summed E-state index contributed by atoms with van der Waals surface area (Å²) in [7, 11) is 0. The van der Waals surface area contributed by atoms with E-state index in [4.69, 9.17) is 0 Å². The highest BCUT2D eigenvalue weighted by Crippen LogP contribution is 2.12. The first-order chi connectivity index (χ1) is 7.06. The third kappa shape index (κ3) is 9.45. The Kier molecular flexibility index (Phi) is 7.98. The Labute approximate surface area is 94.3 Å². The predicted molar refractivity (Wildman–Crippen MR) is 67.0 cm³/mol. The maximum absolute atomic E-state index is 10.7. The number of Topliss-reactive ketones (excluding diaryl/α,β-unsaturated/α-hetero) is 1. The highest BCUT2D eigenvalue weighted by molar-refractivity contribution is 5.75. The van der Waals surface area contributed by atoms with Crippen molar-refractivity contribution >= 4 is 5.78 Å². The van der Waals surface area contributed by atoms with Gasteiger partial charge in [0.2, 0.25) is 0 Å². The average Bonchev–Trinajstić information content (AvgIpc) is 2.17. The van der Waals surface area contributed by atoms with Crippen LogP contribution < -0.4 is 0 Å². The molecule has 0 spiro atoms. The van der Waals surface area contributed by atoms with Gasteiger partial charge in [-0.15, -0.1) is 0 Å². The topological polar surface area (TPSA) is 17.1 Å². The second kappa shape index (κ2) is 8.46. The Morgan fingerprint density at radius 2 is 1.60 bits per heavy atom. The third-order valence-corrected chi connectivity index (χ3v) is 2.62. The molecule has 1 nitrogen and oxygen atoms in total. The molecular formula is C14H24O. The van der Waals surface area contributed by atoms with Crippen molar-refractivity contribution in [3.05, 3.63) is 23.3 Å². The molecule has 0 aliphatic rings. The van der Waals surface area contributed by atoms with E-state index in [9.17, 15) is 4.79 Å². The minimum Gasteiger partial charge on any atom is -0.300 e. The summed E-state index contributed by atoms with van der Waals surface area (Å²) in [6.45, 7) is 8.07. The standard InChI is InChI=1S/C14H24O/c1-5-12(2)8-6-9-13(3)10-7-11-14(4)15/h5,10H,6-9,11H2,1-4H3/b12-5+,13-10+. The van der Waals surface area contributed by atoms with E-state index in [0.717, 1.165) is 12.8 Å². The zero-order valence-corrected chi connectivity index (χ0v) is 10.6. The van der Waals surface area contributed by atoms with E-state index in [1.165, 1.54) is 24.0 Å². The Morgan fingerprint density at radius 3 is 2.13 bits per heavy atom. The van der Waals surface area contributed by atoms with Gasteiger partial charge in [-0.25, -0.2) is 0 Å². The third-order valence-electron chi connectivity index (χ3n) is 2.62. The zero-order chi connectivity index (χ0) is 11.7. The summed E-state index contributed by atoms with van der Waals surface area (Å²) in [6, 6.07) is 0. The molecule has 0 atom stereocenters. The second-order valence-corrected chi connectivity index (χ2v) is 4.28. The van der Waals surface area contributed by atoms with Crippen LogP contribution in [0.1, 0.15) is 59.8 Å². The molecule has 0 aromatic carbocycles. The minimum absolute atomic E-state index is 0.281. The van der Waals surface area contributed by atoms with Gasteiger partial charge in [-0.2, -0.15) is 0 Å². The second-order valence-electron chi connectivity index (χ2n) is 4.28. The molecule has 1 heteroatoms. The van der Waals surface area contributed by atoms with Crippen molar-refractivity contribution in [1.82, 2.24) is 0 Å². The van der Waals surface area contributed by atoms with Gasteiger partial charge in [-0.05, 0) is 53.4 Å². The van der Waals surface area contributed by atoms with E-state index >= 15 is 0 Å². The quantitative estimate of drug-likeness (QED) is 0.565. The van der Waals surface area contributed by atoms with Crippen molar-refractivity contribution in [3.63, 3.8) is 0 Å². The Bertz CT molecular complexity index is 246. The smallest absolute Gasteiger partial charge is 0.130 e. The van der Waals surface area contributed by atoms with Crippen LogP contribution in [0.3, 0.4) is 0 Å². The Hall–Kier alpha value is -0.850. The summed E-state index contributed by atoms with van der Waals surface area (Å²) in [6.07, 6.45) is 9.53. The van der Waals surface area contributed by atoms with E-state index in [1.54, 1.807) is 6.92 Å². The van der Waals surface area contributed by atoms with E-state index in [0.29, 0.717) is 6.42 Å². The highest BCUT2D eigenvalue weighted by atomic mass is 16.1. The van der Waals surface area contributed by atoms with Crippen LogP contribution in [-0.2, 0) is 4.79 Å². The summed E-state index contributed by atoms with van der Waals surface area (Å²) >= 11 is 0. The van der Waals surface area contributed by atoms with Crippen LogP contribution in [0.15, 0.2) is 23.3 Å². The van der Waals surface area contributed by atoms with Gasteiger partial charge in [0.05, 0.1) is 0 Å². The molecule has 0 N–H and O–H groups in total. The molecule has 0 saturated carbocycles. The Balaban J connectivity index is 3.64. The van der Waals surface area contributed by atoms with Gasteiger partial charge in [0.25, 0.3) is 0 Å². The van der Waals surface area contributed by atoms with Gasteiger partial charge in [-0.1, -0.05) is 23.3 Å². The molecule has 86 valence electrons. The molecule has 0 aromatic heterocycles. The van der Waals surface area contributed by atoms with Crippen LogP contribution in [0.4, 0.5) is 0 Å². The zero-order valence-electron chi connectivity index (χ0n) is 10.6. The van der Waals surface area contributed by atoms with Crippen LogP contribution in [0, 0.1) is 0 Å². The number of rotatable bonds is 7. The summed E-state index contributed by atoms with van der Waals surface area (Å²) < 4.78 is 0. The Morgan fingerprint density at radius 1 is 1.00 bits per heavy atom. The molecular weight excluding hydrogens is 184 g/mol. The molecule has 0 heterocycles. The van der Waals surface area contributed by atoms with Crippen LogP contribution in [-0.4, -0.2) is 5.78 Å². The van der Waals surface area contributed by atoms with Crippen molar-refractivity contribution in [1.29, 1.82) is 0 Å². The van der Waals surface area contributed by atoms with E-state index in [-0.39, 0.29) is 5.78 Å². The largest absolute Gasteiger partial charge is 0.300 e. The number of carbonyl (C=O) groups excluding carboxylic acids is 1. The first kappa shape index (κ1) is 14.2. The monoisotopic (exact) mass is 208 g/mol. The van der Waals surface area contributed by atoms with Crippen LogP contribution in [0.5, 0.6) is 0 Å². The molecule has 0 aromatic rings. The van der Waals surface area contributed by atoms with Crippen molar-refractivity contribution in [2.45, 2.75) is 59.8 Å². The molecule has 15 heavy (non-hydrogen) atoms. The number of hydrogen-bond acceptors (Lipinski definition) is 1. The lowest BCUT2D eigenvalue weighted by molar-refractivity contribution is -0.116. The first-order valence-corrected chi connectivity index (χ1v) is 5.83. The summed E-state index contributed by atoms with van der Waals surface area (Å²) in [5.41, 5.74) is 2.88. The normalized spacial score (nSPS) is 13.1. The van der Waals surface area contributed by atoms with Crippen LogP contribution in [0.25, 0.3) is 0 Å². The average molecular weight is 208 g/mol. The van der Waals surface area contributed by atoms with Gasteiger partial charge < -0.3 is 4.79 Å². The summed E-state index contributed by atoms with van der Waals surface area (Å²) in [5.74, 6) is 0.281. The fourth-order valence-electron chi connectivity index (χ4n) is 1.41. The fraction of sp³-hybridized carbons (Fsp3) is 0.643. The molecule has 0 saturated heterocycles. The molecule has 0 bridgehead atoms. The van der Waals surface area contributed by atoms with E-state index in [1.807, 2.05) is 0 Å². The molecule has 0 rings (SSSR count). The number of ketones is 1. The van der Waals surface area contributed by atoms with E-state index < -0.39 is 0 Å². The molecule has 0 aliphatic carbocycles. The van der Waals surface area contributed by atoms with Crippen LogP contribution >= 0.6 is 0 Å². The van der Waals surface area contributed by atoms with Gasteiger partial charge in [0.15, 0.2) is 0 Å². The lowest BCUT2D eigenvalue weighted by Crippen LogP contribution is -1.88. The summed E-state index contributed by atoms with van der Waals surface area (Å²) in [5, 5.41) is 0. The maximum atomic E-state index is 10.7. The highest BCUT2D eigenvalue weighted by Gasteiger charge is 1.94. The van der Waals surface area contributed by atoms with Gasteiger partial charge in [0, 0.05) is 6.42 Å². The van der Waals surface area contributed by atoms with Crippen molar-refractivity contribution < 1.29 is 4.79 Å². The van der Waals surface area contributed by atoms with E-state index in [2.05, 4.69) is 32.9 Å². The molecule has 0 unspecified atom stereocenters. The van der Waals surface area contributed by atoms with Crippen molar-refractivity contribution in [2.24, 2.45) is 0 Å². The molecule has 0 fully saturated rings. The molecule has 0 aliphatic heterocycles. The SMILES string of the molecule is C/C=C(\C)CCC/C(C)=C/CCC(C)=O. The maximum Gasteiger partial charge on any atom is 0.130 e. The van der Waals surface area contributed by atoms with Gasteiger partial charge >= 0.3 is 0 Å².